The van der Waals surface area contributed by atoms with Crippen LogP contribution in [-0.4, -0.2) is 36.1 Å². The van der Waals surface area contributed by atoms with Gasteiger partial charge in [-0.1, -0.05) is 6.92 Å². The second kappa shape index (κ2) is 7.76. The third-order valence-corrected chi connectivity index (χ3v) is 2.11. The molecule has 19 heavy (non-hydrogen) atoms. The van der Waals surface area contributed by atoms with E-state index in [-0.39, 0.29) is 18.8 Å². The summed E-state index contributed by atoms with van der Waals surface area (Å²) in [6.07, 6.45) is -0.629. The van der Waals surface area contributed by atoms with E-state index in [1.807, 2.05) is 0 Å². The fraction of sp³-hybridized carbons (Fsp3) is 0.769. The van der Waals surface area contributed by atoms with Gasteiger partial charge in [-0.2, -0.15) is 0 Å². The number of carbonyl (C=O) groups is 3. The van der Waals surface area contributed by atoms with Crippen LogP contribution in [0.2, 0.25) is 0 Å². The number of rotatable bonds is 6. The number of hydrogen-bond donors (Lipinski definition) is 1. The van der Waals surface area contributed by atoms with Crippen LogP contribution in [0.5, 0.6) is 0 Å². The zero-order valence-corrected chi connectivity index (χ0v) is 12.2. The number of ether oxygens (including phenoxy) is 2. The van der Waals surface area contributed by atoms with Crippen LogP contribution in [0.1, 0.15) is 47.5 Å². The lowest BCUT2D eigenvalue weighted by atomic mass is 10.1. The third-order valence-electron chi connectivity index (χ3n) is 2.11. The molecule has 0 aliphatic rings. The normalized spacial score (nSPS) is 12.5. The fourth-order valence-corrected chi connectivity index (χ4v) is 1.34. The van der Waals surface area contributed by atoms with Gasteiger partial charge in [-0.3, -0.25) is 9.59 Å². The molecule has 1 amide bonds. The van der Waals surface area contributed by atoms with Crippen molar-refractivity contribution in [3.05, 3.63) is 0 Å². The maximum atomic E-state index is 11.8. The minimum atomic E-state index is -0.737. The zero-order valence-electron chi connectivity index (χ0n) is 12.2. The molecule has 0 spiro atoms. The van der Waals surface area contributed by atoms with Gasteiger partial charge in [0, 0.05) is 0 Å². The number of Topliss-reactive ketones (excluding diaryl/α,β-unsaturated/α-hetero) is 1. The van der Waals surface area contributed by atoms with Crippen LogP contribution in [0.4, 0.5) is 4.79 Å². The molecule has 0 aromatic carbocycles. The highest BCUT2D eigenvalue weighted by Crippen LogP contribution is 2.08. The zero-order chi connectivity index (χ0) is 15.1. The van der Waals surface area contributed by atoms with Gasteiger partial charge < -0.3 is 14.8 Å². The van der Waals surface area contributed by atoms with Gasteiger partial charge in [-0.15, -0.1) is 0 Å². The first-order valence-electron chi connectivity index (χ1n) is 6.37. The Labute approximate surface area is 113 Å². The van der Waals surface area contributed by atoms with Crippen LogP contribution in [0.3, 0.4) is 0 Å². The first-order valence-corrected chi connectivity index (χ1v) is 6.37. The van der Waals surface area contributed by atoms with E-state index in [0.717, 1.165) is 0 Å². The molecule has 0 aromatic rings. The second-order valence-corrected chi connectivity index (χ2v) is 5.06. The van der Waals surface area contributed by atoms with E-state index in [2.05, 4.69) is 10.1 Å². The molecule has 1 N–H and O–H groups in total. The Balaban J connectivity index is 4.37. The first kappa shape index (κ1) is 17.4. The van der Waals surface area contributed by atoms with Crippen LogP contribution >= 0.6 is 0 Å². The lowest BCUT2D eigenvalue weighted by Gasteiger charge is -2.22. The number of ketones is 1. The highest BCUT2D eigenvalue weighted by molar-refractivity contribution is 5.99. The summed E-state index contributed by atoms with van der Waals surface area (Å²) < 4.78 is 9.74. The molecule has 0 saturated heterocycles. The molecule has 0 rings (SSSR count). The highest BCUT2D eigenvalue weighted by Gasteiger charge is 2.24. The Morgan fingerprint density at radius 2 is 1.74 bits per heavy atom. The molecule has 0 bridgehead atoms. The lowest BCUT2D eigenvalue weighted by Crippen LogP contribution is -2.43. The number of esters is 1. The standard InChI is InChI=1S/C13H23NO5/c1-6-9(10(15)8-11(16)18-7-2)14-12(17)19-13(3,4)5/h9H,6-8H2,1-5H3,(H,14,17)/t9-/m1/s1. The molecule has 6 heteroatoms. The Kier molecular flexibility index (Phi) is 7.11. The van der Waals surface area contributed by atoms with Crippen LogP contribution in [-0.2, 0) is 19.1 Å². The van der Waals surface area contributed by atoms with Gasteiger partial charge >= 0.3 is 12.1 Å². The van der Waals surface area contributed by atoms with E-state index in [4.69, 9.17) is 4.74 Å². The maximum absolute atomic E-state index is 11.8. The van der Waals surface area contributed by atoms with Crippen molar-refractivity contribution < 1.29 is 23.9 Å². The molecule has 0 aliphatic carbocycles. The molecule has 0 radical (unpaired) electrons. The monoisotopic (exact) mass is 273 g/mol. The van der Waals surface area contributed by atoms with Crippen molar-refractivity contribution in [3.8, 4) is 0 Å². The SMILES string of the molecule is CCOC(=O)CC(=O)[C@@H](CC)NC(=O)OC(C)(C)C. The molecular weight excluding hydrogens is 250 g/mol. The smallest absolute Gasteiger partial charge is 0.408 e. The van der Waals surface area contributed by atoms with Crippen molar-refractivity contribution >= 4 is 17.8 Å². The maximum Gasteiger partial charge on any atom is 0.408 e. The van der Waals surface area contributed by atoms with E-state index in [9.17, 15) is 14.4 Å². The van der Waals surface area contributed by atoms with Crippen molar-refractivity contribution in [1.82, 2.24) is 5.32 Å². The molecule has 0 fully saturated rings. The van der Waals surface area contributed by atoms with E-state index in [0.29, 0.717) is 6.42 Å². The quantitative estimate of drug-likeness (QED) is 0.589. The number of nitrogens with one attached hydrogen (secondary N) is 1. The van der Waals surface area contributed by atoms with Crippen LogP contribution in [0.15, 0.2) is 0 Å². The van der Waals surface area contributed by atoms with E-state index in [1.165, 1.54) is 0 Å². The number of carbonyl (C=O) groups excluding carboxylic acids is 3. The number of alkyl carbamates (subject to hydrolysis) is 1. The third kappa shape index (κ3) is 8.18. The Hall–Kier alpha value is -1.59. The van der Waals surface area contributed by atoms with Gasteiger partial charge in [0.15, 0.2) is 5.78 Å². The minimum absolute atomic E-state index is 0.225. The molecule has 0 aliphatic heterocycles. The van der Waals surface area contributed by atoms with E-state index >= 15 is 0 Å². The summed E-state index contributed by atoms with van der Waals surface area (Å²) in [5, 5.41) is 2.45. The van der Waals surface area contributed by atoms with E-state index < -0.39 is 23.7 Å². The molecule has 6 nitrogen and oxygen atoms in total. The molecule has 1 atom stereocenters. The summed E-state index contributed by atoms with van der Waals surface area (Å²) in [6.45, 7) is 8.82. The van der Waals surface area contributed by atoms with Gasteiger partial charge in [0.05, 0.1) is 12.6 Å². The molecule has 0 heterocycles. The van der Waals surface area contributed by atoms with Gasteiger partial charge in [-0.25, -0.2) is 4.79 Å². The topological polar surface area (TPSA) is 81.7 Å². The fourth-order valence-electron chi connectivity index (χ4n) is 1.34. The first-order chi connectivity index (χ1) is 8.69. The average Bonchev–Trinajstić information content (AvgIpc) is 2.23. The van der Waals surface area contributed by atoms with Crippen molar-refractivity contribution in [2.24, 2.45) is 0 Å². The number of amides is 1. The Morgan fingerprint density at radius 1 is 1.16 bits per heavy atom. The summed E-state index contributed by atoms with van der Waals surface area (Å²) in [6, 6.07) is -0.737. The molecular formula is C13H23NO5. The van der Waals surface area contributed by atoms with Gasteiger partial charge in [-0.05, 0) is 34.1 Å². The van der Waals surface area contributed by atoms with Crippen LogP contribution < -0.4 is 5.32 Å². The van der Waals surface area contributed by atoms with Gasteiger partial charge in [0.25, 0.3) is 0 Å². The Bertz CT molecular complexity index is 332. The molecule has 0 aromatic heterocycles. The van der Waals surface area contributed by atoms with Crippen molar-refractivity contribution in [2.75, 3.05) is 6.61 Å². The van der Waals surface area contributed by atoms with Crippen LogP contribution in [0, 0.1) is 0 Å². The second-order valence-electron chi connectivity index (χ2n) is 5.06. The molecule has 0 unspecified atom stereocenters. The van der Waals surface area contributed by atoms with Crippen molar-refractivity contribution in [1.29, 1.82) is 0 Å². The summed E-state index contributed by atoms with van der Waals surface area (Å²) in [5.41, 5.74) is -0.632. The molecule has 0 saturated carbocycles. The van der Waals surface area contributed by atoms with Crippen LogP contribution in [0.25, 0.3) is 0 Å². The predicted molar refractivity (Wildman–Crippen MR) is 69.7 cm³/mol. The highest BCUT2D eigenvalue weighted by atomic mass is 16.6. The van der Waals surface area contributed by atoms with Crippen molar-refractivity contribution in [3.63, 3.8) is 0 Å². The van der Waals surface area contributed by atoms with Gasteiger partial charge in [0.2, 0.25) is 0 Å². The molecule has 110 valence electrons. The minimum Gasteiger partial charge on any atom is -0.466 e. The largest absolute Gasteiger partial charge is 0.466 e. The lowest BCUT2D eigenvalue weighted by molar-refractivity contribution is -0.146. The van der Waals surface area contributed by atoms with Gasteiger partial charge in [0.1, 0.15) is 12.0 Å². The average molecular weight is 273 g/mol. The summed E-state index contributed by atoms with van der Waals surface area (Å²) in [7, 11) is 0. The Morgan fingerprint density at radius 3 is 2.16 bits per heavy atom. The van der Waals surface area contributed by atoms with E-state index in [1.54, 1.807) is 34.6 Å². The summed E-state index contributed by atoms with van der Waals surface area (Å²) >= 11 is 0. The summed E-state index contributed by atoms with van der Waals surface area (Å²) in [5.74, 6) is -0.969. The summed E-state index contributed by atoms with van der Waals surface area (Å²) in [4.78, 5) is 34.5. The predicted octanol–water partition coefficient (Wildman–Crippen LogP) is 1.81. The van der Waals surface area contributed by atoms with Crippen molar-refractivity contribution in [2.45, 2.75) is 59.1 Å². The number of hydrogen-bond acceptors (Lipinski definition) is 5.